The van der Waals surface area contributed by atoms with Crippen LogP contribution < -0.4 is 4.74 Å². The van der Waals surface area contributed by atoms with E-state index in [9.17, 15) is 4.79 Å². The largest absolute Gasteiger partial charge is 0.494 e. The molecule has 5 heteroatoms. The summed E-state index contributed by atoms with van der Waals surface area (Å²) in [5.74, 6) is 0.722. The number of hydrogen-bond acceptors (Lipinski definition) is 4. The number of quaternary nitrogens is 1. The molecule has 1 heterocycles. The zero-order valence-electron chi connectivity index (χ0n) is 24.9. The Balaban J connectivity index is 1.38. The maximum atomic E-state index is 12.2. The molecule has 218 valence electrons. The second-order valence-electron chi connectivity index (χ2n) is 11.6. The molecule has 0 aliphatic carbocycles. The number of carbonyl (C=O) groups is 1. The third-order valence-electron chi connectivity index (χ3n) is 7.98. The lowest BCUT2D eigenvalue weighted by Gasteiger charge is -2.37. The smallest absolute Gasteiger partial charge is 0.310 e. The zero-order chi connectivity index (χ0) is 27.2. The fraction of sp³-hybridized carbons (Fsp3) is 0.788. The summed E-state index contributed by atoms with van der Waals surface area (Å²) in [5.41, 5.74) is 0.969. The molecule has 1 aromatic rings. The number of nitrogens with zero attached hydrogens (tertiary/aromatic N) is 1. The van der Waals surface area contributed by atoms with Crippen molar-refractivity contribution in [2.75, 3.05) is 53.1 Å². The molecule has 1 aliphatic rings. The Hall–Kier alpha value is -1.59. The van der Waals surface area contributed by atoms with Gasteiger partial charge in [0.2, 0.25) is 0 Å². The molecule has 38 heavy (non-hydrogen) atoms. The molecule has 2 rings (SSSR count). The summed E-state index contributed by atoms with van der Waals surface area (Å²) in [5, 5.41) is 0. The third-order valence-corrected chi connectivity index (χ3v) is 7.98. The molecule has 5 nitrogen and oxygen atoms in total. The fourth-order valence-electron chi connectivity index (χ4n) is 5.15. The van der Waals surface area contributed by atoms with Crippen molar-refractivity contribution in [1.82, 2.24) is 0 Å². The highest BCUT2D eigenvalue weighted by Crippen LogP contribution is 2.16. The molecule has 0 unspecified atom stereocenters. The summed E-state index contributed by atoms with van der Waals surface area (Å²) in [6.45, 7) is 7.92. The van der Waals surface area contributed by atoms with Crippen molar-refractivity contribution >= 4 is 5.97 Å². The first-order valence-electron chi connectivity index (χ1n) is 15.9. The van der Waals surface area contributed by atoms with Crippen LogP contribution in [0.2, 0.25) is 0 Å². The van der Waals surface area contributed by atoms with Gasteiger partial charge in [0.15, 0.2) is 0 Å². The van der Waals surface area contributed by atoms with Crippen molar-refractivity contribution in [3.8, 4) is 5.75 Å². The molecule has 0 aromatic heterocycles. The quantitative estimate of drug-likeness (QED) is 0.0816. The fourth-order valence-corrected chi connectivity index (χ4v) is 5.15. The third kappa shape index (κ3) is 16.4. The van der Waals surface area contributed by atoms with E-state index in [0.29, 0.717) is 13.0 Å². The maximum absolute atomic E-state index is 12.2. The predicted molar refractivity (Wildman–Crippen MR) is 158 cm³/mol. The molecule has 0 amide bonds. The Morgan fingerprint density at radius 2 is 1.24 bits per heavy atom. The summed E-state index contributed by atoms with van der Waals surface area (Å²) in [6.07, 6.45) is 22.4. The Bertz CT molecular complexity index is 699. The monoisotopic (exact) mass is 532 g/mol. The van der Waals surface area contributed by atoms with Gasteiger partial charge in [0.1, 0.15) is 32.0 Å². The van der Waals surface area contributed by atoms with Gasteiger partial charge in [-0.25, -0.2) is 0 Å². The highest BCUT2D eigenvalue weighted by molar-refractivity contribution is 5.72. The van der Waals surface area contributed by atoms with E-state index in [1.807, 2.05) is 24.3 Å². The van der Waals surface area contributed by atoms with Crippen molar-refractivity contribution < 1.29 is 23.5 Å². The molecular weight excluding hydrogens is 474 g/mol. The first-order chi connectivity index (χ1) is 18.6. The van der Waals surface area contributed by atoms with Gasteiger partial charge in [-0.05, 0) is 24.1 Å². The van der Waals surface area contributed by atoms with Crippen molar-refractivity contribution in [3.05, 3.63) is 29.8 Å². The van der Waals surface area contributed by atoms with Gasteiger partial charge in [0, 0.05) is 0 Å². The maximum Gasteiger partial charge on any atom is 0.310 e. The van der Waals surface area contributed by atoms with E-state index in [1.165, 1.54) is 96.3 Å². The van der Waals surface area contributed by atoms with Crippen LogP contribution in [-0.2, 0) is 20.7 Å². The molecule has 0 bridgehead atoms. The summed E-state index contributed by atoms with van der Waals surface area (Å²) in [4.78, 5) is 12.2. The summed E-state index contributed by atoms with van der Waals surface area (Å²) < 4.78 is 17.7. The number of ether oxygens (including phenoxy) is 3. The zero-order valence-corrected chi connectivity index (χ0v) is 24.9. The number of hydrogen-bond donors (Lipinski definition) is 0. The van der Waals surface area contributed by atoms with Crippen molar-refractivity contribution in [2.24, 2.45) is 0 Å². The minimum Gasteiger partial charge on any atom is -0.494 e. The van der Waals surface area contributed by atoms with Crippen LogP contribution in [0.15, 0.2) is 24.3 Å². The average Bonchev–Trinajstić information content (AvgIpc) is 2.91. The number of esters is 1. The molecule has 1 saturated heterocycles. The van der Waals surface area contributed by atoms with Crippen LogP contribution in [0, 0.1) is 0 Å². The van der Waals surface area contributed by atoms with Crippen molar-refractivity contribution in [2.45, 2.75) is 116 Å². The van der Waals surface area contributed by atoms with Crippen LogP contribution in [0.1, 0.15) is 115 Å². The number of rotatable bonds is 23. The number of morpholine rings is 1. The van der Waals surface area contributed by atoms with Gasteiger partial charge in [0.05, 0.1) is 33.3 Å². The lowest BCUT2D eigenvalue weighted by Crippen LogP contribution is -2.53. The highest BCUT2D eigenvalue weighted by atomic mass is 16.5. The van der Waals surface area contributed by atoms with Gasteiger partial charge in [-0.1, -0.05) is 115 Å². The molecule has 0 radical (unpaired) electrons. The molecule has 0 saturated carbocycles. The normalized spacial score (nSPS) is 14.9. The lowest BCUT2D eigenvalue weighted by atomic mass is 10.0. The van der Waals surface area contributed by atoms with E-state index in [2.05, 4.69) is 14.0 Å². The summed E-state index contributed by atoms with van der Waals surface area (Å²) in [7, 11) is 2.20. The van der Waals surface area contributed by atoms with Crippen LogP contribution in [0.4, 0.5) is 0 Å². The minimum atomic E-state index is -0.160. The van der Waals surface area contributed by atoms with Gasteiger partial charge in [-0.15, -0.1) is 0 Å². The van der Waals surface area contributed by atoms with Crippen LogP contribution in [0.3, 0.4) is 0 Å². The van der Waals surface area contributed by atoms with E-state index in [-0.39, 0.29) is 5.97 Å². The first-order valence-corrected chi connectivity index (χ1v) is 15.9. The molecule has 0 spiro atoms. The van der Waals surface area contributed by atoms with E-state index < -0.39 is 0 Å². The lowest BCUT2D eigenvalue weighted by molar-refractivity contribution is -0.917. The van der Waals surface area contributed by atoms with E-state index in [1.54, 1.807) is 0 Å². The van der Waals surface area contributed by atoms with E-state index >= 15 is 0 Å². The molecule has 1 fully saturated rings. The van der Waals surface area contributed by atoms with Crippen LogP contribution >= 0.6 is 0 Å². The average molecular weight is 533 g/mol. The Morgan fingerprint density at radius 1 is 0.737 bits per heavy atom. The molecule has 0 N–H and O–H groups in total. The van der Waals surface area contributed by atoms with Gasteiger partial charge < -0.3 is 18.7 Å². The molecular formula is C33H58NO4+. The van der Waals surface area contributed by atoms with Crippen LogP contribution in [0.5, 0.6) is 5.75 Å². The molecule has 0 atom stereocenters. The van der Waals surface area contributed by atoms with Crippen LogP contribution in [-0.4, -0.2) is 63.6 Å². The van der Waals surface area contributed by atoms with E-state index in [4.69, 9.17) is 14.2 Å². The SMILES string of the molecule is CCCCCCCCCCCCCCCCCCOc1ccc(CC(=O)OCC[N+]2(C)CCOCC2)cc1. The summed E-state index contributed by atoms with van der Waals surface area (Å²) >= 11 is 0. The molecule has 1 aliphatic heterocycles. The van der Waals surface area contributed by atoms with Gasteiger partial charge in [-0.3, -0.25) is 4.79 Å². The first kappa shape index (κ1) is 32.6. The van der Waals surface area contributed by atoms with Crippen molar-refractivity contribution in [1.29, 1.82) is 0 Å². The highest BCUT2D eigenvalue weighted by Gasteiger charge is 2.25. The Kier molecular flexibility index (Phi) is 18.2. The number of carbonyl (C=O) groups excluding carboxylic acids is 1. The molecule has 1 aromatic carbocycles. The number of benzene rings is 1. The second kappa shape index (κ2) is 21.3. The standard InChI is InChI=1S/C33H58NO4/c1-3-4-5-6-7-8-9-10-11-12-13-14-15-16-17-18-26-37-32-21-19-31(20-22-32)30-33(35)38-29-25-34(2)23-27-36-28-24-34/h19-22H,3-18,23-30H2,1-2H3/q+1. The van der Waals surface area contributed by atoms with Crippen molar-refractivity contribution in [3.63, 3.8) is 0 Å². The number of likely N-dealkylation sites (N-methyl/N-ethyl adjacent to an activating group) is 1. The topological polar surface area (TPSA) is 44.8 Å². The van der Waals surface area contributed by atoms with Crippen LogP contribution in [0.25, 0.3) is 0 Å². The summed E-state index contributed by atoms with van der Waals surface area (Å²) in [6, 6.07) is 7.88. The Morgan fingerprint density at radius 3 is 1.76 bits per heavy atom. The second-order valence-corrected chi connectivity index (χ2v) is 11.6. The number of unbranched alkanes of at least 4 members (excludes halogenated alkanes) is 15. The van der Waals surface area contributed by atoms with E-state index in [0.717, 1.165) is 61.7 Å². The minimum absolute atomic E-state index is 0.160. The van der Waals surface area contributed by atoms with Gasteiger partial charge in [-0.2, -0.15) is 0 Å². The van der Waals surface area contributed by atoms with Gasteiger partial charge >= 0.3 is 5.97 Å². The van der Waals surface area contributed by atoms with Gasteiger partial charge in [0.25, 0.3) is 0 Å². The Labute approximate surface area is 234 Å². The predicted octanol–water partition coefficient (Wildman–Crippen LogP) is 7.89.